The lowest BCUT2D eigenvalue weighted by Crippen LogP contribution is -2.55. The molecule has 10 aliphatic carbocycles. The highest BCUT2D eigenvalue weighted by Gasteiger charge is 2.63. The molecule has 0 N–H and O–H groups in total. The summed E-state index contributed by atoms with van der Waals surface area (Å²) in [5.74, 6) is 6.49. The largest absolute Gasteiger partial charge is 0.456 e. The third-order valence-corrected chi connectivity index (χ3v) is 27.8. The van der Waals surface area contributed by atoms with Gasteiger partial charge >= 0.3 is 0 Å². The molecule has 2 heterocycles. The summed E-state index contributed by atoms with van der Waals surface area (Å²) >= 11 is 0. The molecule has 2 spiro atoms. The molecule has 104 heavy (non-hydrogen) atoms. The van der Waals surface area contributed by atoms with Crippen molar-refractivity contribution in [2.75, 3.05) is 9.80 Å². The molecule has 0 radical (unpaired) electrons. The molecule has 2 aromatic heterocycles. The average Bonchev–Trinajstić information content (AvgIpc) is 1.26. The molecule has 14 aromatic carbocycles. The highest BCUT2D eigenvalue weighted by Crippen LogP contribution is 2.72. The second-order valence-electron chi connectivity index (χ2n) is 32.7. The van der Waals surface area contributed by atoms with E-state index < -0.39 is 0 Å². The normalized spacial score (nSPS) is 24.0. The number of rotatable bonds is 9. The minimum atomic E-state index is 0.105. The Morgan fingerprint density at radius 3 is 1.22 bits per heavy atom. The van der Waals surface area contributed by atoms with E-state index in [0.717, 1.165) is 113 Å². The SMILES string of the molecule is c1ccc2c(c1)-c1cc(N(c3ccc(-c4ccc5c(c4)oc4ccc(-c6cccc7cc(N(c8ccc(-c9ccc%10oc%11ccccc%11c%10c9)cc8)c8ccc9c(c8)-c8ccccc8C98C9CC%10CC(C9)CC8C%10)ccc67)cc45)cc3)c3ccc4ccccc4c3)ccc1C21C2CC3CC(C2)CC1C3. The standard InChI is InChI=1S/C100H76N2O2/c1-2-11-66-52-77(32-24-63(66)10-1)101(79-34-38-93-87(57-79)83-13-3-6-17-91(83)99(93)71-44-59-42-60(46-71)47-72(99)45-59)75-30-22-65(23-31-75)68-25-36-86-90-55-70(27-41-97(90)104-98(86)56-68)81-16-9-12-69-53-78(33-37-82(69)81)102(76-28-20-64(21-29-76)67-26-40-96-89(54-67)85-15-5-8-19-95(85)103-96)80-35-39-94-88(58-80)84-14-4-7-18-92(84)100(94)73-48-61-43-62(50-73)51-74(100)49-61/h1-41,52-62,71-74H,42-51H2. The van der Waals surface area contributed by atoms with Gasteiger partial charge in [0.15, 0.2) is 0 Å². The molecule has 0 aliphatic heterocycles. The lowest BCUT2D eigenvalue weighted by molar-refractivity contribution is -0.0399. The highest BCUT2D eigenvalue weighted by atomic mass is 16.3. The van der Waals surface area contributed by atoms with Gasteiger partial charge in [0.25, 0.3) is 0 Å². The van der Waals surface area contributed by atoms with E-state index in [1.807, 2.05) is 6.07 Å². The van der Waals surface area contributed by atoms with E-state index >= 15 is 0 Å². The molecule has 0 amide bonds. The van der Waals surface area contributed by atoms with Crippen LogP contribution in [0.4, 0.5) is 34.1 Å². The van der Waals surface area contributed by atoms with Gasteiger partial charge in [-0.15, -0.1) is 0 Å². The fourth-order valence-corrected chi connectivity index (χ4v) is 24.1. The highest BCUT2D eigenvalue weighted by molar-refractivity contribution is 6.10. The van der Waals surface area contributed by atoms with Crippen LogP contribution >= 0.6 is 0 Å². The van der Waals surface area contributed by atoms with Crippen molar-refractivity contribution < 1.29 is 8.83 Å². The molecule has 4 heteroatoms. The van der Waals surface area contributed by atoms with E-state index in [1.54, 1.807) is 22.3 Å². The quantitative estimate of drug-likeness (QED) is 0.144. The topological polar surface area (TPSA) is 32.8 Å². The number of furan rings is 2. The van der Waals surface area contributed by atoms with E-state index in [-0.39, 0.29) is 10.8 Å². The zero-order chi connectivity index (χ0) is 67.7. The summed E-state index contributed by atoms with van der Waals surface area (Å²) in [7, 11) is 0. The number of anilines is 6. The third-order valence-electron chi connectivity index (χ3n) is 27.8. The Hall–Kier alpha value is -11.2. The molecule has 8 bridgehead atoms. The average molecular weight is 1340 g/mol. The first-order valence-electron chi connectivity index (χ1n) is 38.6. The number of nitrogens with zero attached hydrogens (tertiary/aromatic N) is 2. The Morgan fingerprint density at radius 1 is 0.221 bits per heavy atom. The number of benzene rings is 14. The first-order valence-corrected chi connectivity index (χ1v) is 38.6. The molecule has 8 fully saturated rings. The smallest absolute Gasteiger partial charge is 0.136 e. The van der Waals surface area contributed by atoms with Crippen LogP contribution < -0.4 is 9.80 Å². The van der Waals surface area contributed by atoms with Crippen LogP contribution in [0.5, 0.6) is 0 Å². The summed E-state index contributed by atoms with van der Waals surface area (Å²) in [4.78, 5) is 4.99. The van der Waals surface area contributed by atoms with Gasteiger partial charge in [0, 0.05) is 66.5 Å². The monoisotopic (exact) mass is 1340 g/mol. The van der Waals surface area contributed by atoms with Crippen molar-refractivity contribution in [1.82, 2.24) is 0 Å². The van der Waals surface area contributed by atoms with Crippen LogP contribution in [0, 0.1) is 47.3 Å². The summed E-state index contributed by atoms with van der Waals surface area (Å²) in [5, 5.41) is 9.41. The lowest BCUT2D eigenvalue weighted by atomic mass is 9.43. The van der Waals surface area contributed by atoms with Crippen LogP contribution in [0.3, 0.4) is 0 Å². The lowest BCUT2D eigenvalue weighted by Gasteiger charge is -2.61. The van der Waals surface area contributed by atoms with Gasteiger partial charge in [-0.3, -0.25) is 0 Å². The molecule has 16 aromatic rings. The second-order valence-corrected chi connectivity index (χ2v) is 32.7. The predicted octanol–water partition coefficient (Wildman–Crippen LogP) is 27.2. The molecule has 8 saturated carbocycles. The Kier molecular flexibility index (Phi) is 12.2. The summed E-state index contributed by atoms with van der Waals surface area (Å²) in [6, 6.07) is 111. The van der Waals surface area contributed by atoms with Crippen LogP contribution in [0.15, 0.2) is 300 Å². The Morgan fingerprint density at radius 2 is 0.615 bits per heavy atom. The fraction of sp³-hybridized carbons (Fsp3) is 0.200. The minimum Gasteiger partial charge on any atom is -0.456 e. The van der Waals surface area contributed by atoms with Crippen LogP contribution in [0.1, 0.15) is 86.5 Å². The summed E-state index contributed by atoms with van der Waals surface area (Å²) in [6.45, 7) is 0. The van der Waals surface area contributed by atoms with Crippen molar-refractivity contribution in [2.24, 2.45) is 47.3 Å². The van der Waals surface area contributed by atoms with Gasteiger partial charge in [-0.05, 0) is 326 Å². The maximum Gasteiger partial charge on any atom is 0.136 e. The van der Waals surface area contributed by atoms with Gasteiger partial charge in [-0.25, -0.2) is 0 Å². The molecule has 10 aliphatic rings. The van der Waals surface area contributed by atoms with E-state index in [1.165, 1.54) is 142 Å². The molecule has 0 saturated heterocycles. The van der Waals surface area contributed by atoms with Gasteiger partial charge < -0.3 is 18.6 Å². The van der Waals surface area contributed by atoms with E-state index in [0.29, 0.717) is 11.8 Å². The molecule has 498 valence electrons. The van der Waals surface area contributed by atoms with Crippen molar-refractivity contribution in [3.05, 3.63) is 313 Å². The van der Waals surface area contributed by atoms with Gasteiger partial charge in [0.05, 0.1) is 0 Å². The van der Waals surface area contributed by atoms with Crippen molar-refractivity contribution in [3.63, 3.8) is 0 Å². The second kappa shape index (κ2) is 21.7. The van der Waals surface area contributed by atoms with Crippen LogP contribution in [-0.2, 0) is 10.8 Å². The van der Waals surface area contributed by atoms with Crippen molar-refractivity contribution in [2.45, 2.75) is 75.0 Å². The van der Waals surface area contributed by atoms with E-state index in [2.05, 4.69) is 295 Å². The van der Waals surface area contributed by atoms with Crippen molar-refractivity contribution in [3.8, 4) is 55.6 Å². The molecular formula is C100H76N2O2. The third kappa shape index (κ3) is 8.26. The van der Waals surface area contributed by atoms with Crippen LogP contribution in [0.2, 0.25) is 0 Å². The molecule has 26 rings (SSSR count). The van der Waals surface area contributed by atoms with E-state index in [9.17, 15) is 0 Å². The van der Waals surface area contributed by atoms with Gasteiger partial charge in [0.2, 0.25) is 0 Å². The first-order chi connectivity index (χ1) is 51.4. The molecule has 0 unspecified atom stereocenters. The van der Waals surface area contributed by atoms with Crippen molar-refractivity contribution in [1.29, 1.82) is 0 Å². The summed E-state index contributed by atoms with van der Waals surface area (Å²) < 4.78 is 13.1. The maximum absolute atomic E-state index is 6.82. The van der Waals surface area contributed by atoms with Gasteiger partial charge in [-0.2, -0.15) is 0 Å². The first kappa shape index (κ1) is 58.3. The number of para-hydroxylation sites is 1. The Bertz CT molecular complexity index is 6250. The zero-order valence-electron chi connectivity index (χ0n) is 58.1. The van der Waals surface area contributed by atoms with Gasteiger partial charge in [-0.1, -0.05) is 176 Å². The van der Waals surface area contributed by atoms with Gasteiger partial charge in [0.1, 0.15) is 22.3 Å². The predicted molar refractivity (Wildman–Crippen MR) is 428 cm³/mol. The Labute approximate surface area is 605 Å². The molecular weight excluding hydrogens is 1260 g/mol. The van der Waals surface area contributed by atoms with Crippen molar-refractivity contribution >= 4 is 99.5 Å². The minimum absolute atomic E-state index is 0.105. The number of fused-ring (bicyclic) bond motifs is 14. The fourth-order valence-electron chi connectivity index (χ4n) is 24.1. The summed E-state index contributed by atoms with van der Waals surface area (Å²) in [5.41, 5.74) is 29.8. The van der Waals surface area contributed by atoms with Crippen LogP contribution in [0.25, 0.3) is 121 Å². The molecule has 0 atom stereocenters. The maximum atomic E-state index is 6.82. The zero-order valence-corrected chi connectivity index (χ0v) is 58.1. The number of hydrogen-bond donors (Lipinski definition) is 0. The molecule has 4 nitrogen and oxygen atoms in total. The van der Waals surface area contributed by atoms with E-state index in [4.69, 9.17) is 8.83 Å². The Balaban J connectivity index is 0.569. The summed E-state index contributed by atoms with van der Waals surface area (Å²) in [6.07, 6.45) is 13.9. The van der Waals surface area contributed by atoms with Crippen LogP contribution in [-0.4, -0.2) is 0 Å². The number of hydrogen-bond acceptors (Lipinski definition) is 4.